The number of amides is 1. The number of nitrogens with one attached hydrogen (secondary N) is 1. The third kappa shape index (κ3) is 6.00. The average molecular weight is 586 g/mol. The molecule has 2 aliphatic rings. The Balaban J connectivity index is 1.20. The van der Waals surface area contributed by atoms with E-state index in [4.69, 9.17) is 9.47 Å². The lowest BCUT2D eigenvalue weighted by atomic mass is 9.99. The number of ether oxygens (including phenoxy) is 2. The van der Waals surface area contributed by atoms with Gasteiger partial charge >= 0.3 is 0 Å². The molecule has 0 radical (unpaired) electrons. The van der Waals surface area contributed by atoms with E-state index < -0.39 is 29.7 Å². The number of likely N-dealkylation sites (tertiary alicyclic amines) is 1. The monoisotopic (exact) mass is 585 g/mol. The molecule has 3 aromatic carbocycles. The van der Waals surface area contributed by atoms with Gasteiger partial charge in [0, 0.05) is 29.9 Å². The topological polar surface area (TPSA) is 93.0 Å². The largest absolute Gasteiger partial charge is 0.486 e. The molecule has 3 heterocycles. The van der Waals surface area contributed by atoms with E-state index >= 15 is 0 Å². The molecule has 0 saturated carbocycles. The summed E-state index contributed by atoms with van der Waals surface area (Å²) in [5.41, 5.74) is 3.55. The standard InChI is InChI=1S/C34H36FN3O5/c1-21(2)38-14-11-23-7-10-25(18-29(23)38)22-5-8-24(9-6-22)32(40)34(41)36-28(20-37-12-3-4-13-37)31(39)26-17-27(35)33-30(19-26)42-15-16-43-33/h5-11,14,17-19,21,28,31,39H,3-4,12-13,15-16,20H2,1-2H3,(H,36,41)/t28-,31-/m1/s1. The molecule has 1 saturated heterocycles. The average Bonchev–Trinajstić information content (AvgIpc) is 3.70. The van der Waals surface area contributed by atoms with Crippen LogP contribution in [0, 0.1) is 5.82 Å². The van der Waals surface area contributed by atoms with Crippen LogP contribution in [0.4, 0.5) is 4.39 Å². The molecule has 9 heteroatoms. The summed E-state index contributed by atoms with van der Waals surface area (Å²) in [7, 11) is 0. The second-order valence-corrected chi connectivity index (χ2v) is 11.6. The zero-order valence-corrected chi connectivity index (χ0v) is 24.4. The quantitative estimate of drug-likeness (QED) is 0.205. The fraction of sp³-hybridized carbons (Fsp3) is 0.353. The maximum atomic E-state index is 14.8. The summed E-state index contributed by atoms with van der Waals surface area (Å²) in [6.07, 6.45) is 2.83. The number of aliphatic hydroxyl groups is 1. The first-order valence-corrected chi connectivity index (χ1v) is 14.8. The molecule has 1 amide bonds. The van der Waals surface area contributed by atoms with Crippen LogP contribution >= 0.6 is 0 Å². The fourth-order valence-electron chi connectivity index (χ4n) is 5.96. The zero-order valence-electron chi connectivity index (χ0n) is 24.4. The first-order valence-electron chi connectivity index (χ1n) is 14.8. The highest BCUT2D eigenvalue weighted by atomic mass is 19.1. The Kier molecular flexibility index (Phi) is 8.19. The summed E-state index contributed by atoms with van der Waals surface area (Å²) in [6, 6.07) is 17.5. The van der Waals surface area contributed by atoms with E-state index in [1.165, 1.54) is 12.1 Å². The summed E-state index contributed by atoms with van der Waals surface area (Å²) in [5, 5.41) is 15.2. The van der Waals surface area contributed by atoms with Crippen molar-refractivity contribution in [1.29, 1.82) is 0 Å². The van der Waals surface area contributed by atoms with Crippen molar-refractivity contribution in [2.75, 3.05) is 32.8 Å². The van der Waals surface area contributed by atoms with Crippen LogP contribution in [-0.4, -0.2) is 65.2 Å². The van der Waals surface area contributed by atoms with Gasteiger partial charge in [0.1, 0.15) is 19.3 Å². The van der Waals surface area contributed by atoms with Crippen LogP contribution in [0.25, 0.3) is 22.0 Å². The van der Waals surface area contributed by atoms with E-state index in [0.29, 0.717) is 12.6 Å². The number of rotatable bonds is 9. The van der Waals surface area contributed by atoms with E-state index in [9.17, 15) is 19.1 Å². The molecule has 0 unspecified atom stereocenters. The van der Waals surface area contributed by atoms with Crippen LogP contribution in [0.3, 0.4) is 0 Å². The number of benzene rings is 3. The summed E-state index contributed by atoms with van der Waals surface area (Å²) in [6.45, 7) is 6.74. The third-order valence-corrected chi connectivity index (χ3v) is 8.28. The highest BCUT2D eigenvalue weighted by molar-refractivity contribution is 6.42. The van der Waals surface area contributed by atoms with Crippen LogP contribution in [0.1, 0.15) is 54.8 Å². The Morgan fingerprint density at radius 2 is 1.67 bits per heavy atom. The first-order chi connectivity index (χ1) is 20.8. The molecular formula is C34H36FN3O5. The van der Waals surface area contributed by atoms with E-state index in [1.807, 2.05) is 18.2 Å². The van der Waals surface area contributed by atoms with Crippen molar-refractivity contribution in [3.8, 4) is 22.6 Å². The van der Waals surface area contributed by atoms with Gasteiger partial charge in [0.2, 0.25) is 5.78 Å². The van der Waals surface area contributed by atoms with Crippen molar-refractivity contribution >= 4 is 22.6 Å². The Morgan fingerprint density at radius 3 is 2.42 bits per heavy atom. The van der Waals surface area contributed by atoms with Crippen molar-refractivity contribution in [2.45, 2.75) is 44.9 Å². The Hall–Kier alpha value is -4.21. The minimum Gasteiger partial charge on any atom is -0.486 e. The highest BCUT2D eigenvalue weighted by Crippen LogP contribution is 2.36. The molecule has 1 aromatic heterocycles. The van der Waals surface area contributed by atoms with Gasteiger partial charge in [-0.2, -0.15) is 0 Å². The van der Waals surface area contributed by atoms with Gasteiger partial charge in [-0.05, 0) is 86.1 Å². The molecule has 0 aliphatic carbocycles. The Labute approximate surface area is 250 Å². The molecular weight excluding hydrogens is 549 g/mol. The van der Waals surface area contributed by atoms with Gasteiger partial charge in [0.15, 0.2) is 17.3 Å². The van der Waals surface area contributed by atoms with Crippen molar-refractivity contribution < 1.29 is 28.6 Å². The van der Waals surface area contributed by atoms with Gasteiger partial charge in [-0.15, -0.1) is 0 Å². The van der Waals surface area contributed by atoms with Crippen LogP contribution in [0.2, 0.25) is 0 Å². The smallest absolute Gasteiger partial charge is 0.292 e. The zero-order chi connectivity index (χ0) is 30.1. The number of aromatic nitrogens is 1. The van der Waals surface area contributed by atoms with Gasteiger partial charge in [-0.3, -0.25) is 9.59 Å². The molecule has 2 atom stereocenters. The third-order valence-electron chi connectivity index (χ3n) is 8.28. The number of Topliss-reactive ketones (excluding diaryl/α,β-unsaturated/α-hetero) is 1. The maximum Gasteiger partial charge on any atom is 0.292 e. The molecule has 8 nitrogen and oxygen atoms in total. The van der Waals surface area contributed by atoms with Gasteiger partial charge in [0.05, 0.1) is 6.04 Å². The van der Waals surface area contributed by atoms with Crippen molar-refractivity contribution in [3.63, 3.8) is 0 Å². The lowest BCUT2D eigenvalue weighted by Crippen LogP contribution is -2.48. The normalized spacial score (nSPS) is 16.4. The lowest BCUT2D eigenvalue weighted by molar-refractivity contribution is -0.118. The molecule has 6 rings (SSSR count). The predicted octanol–water partition coefficient (Wildman–Crippen LogP) is 5.30. The van der Waals surface area contributed by atoms with E-state index in [2.05, 4.69) is 53.0 Å². The Morgan fingerprint density at radius 1 is 0.953 bits per heavy atom. The molecule has 2 aliphatic heterocycles. The van der Waals surface area contributed by atoms with Gasteiger partial charge in [0.25, 0.3) is 5.91 Å². The summed E-state index contributed by atoms with van der Waals surface area (Å²) in [5.74, 6) is -1.97. The van der Waals surface area contributed by atoms with Crippen molar-refractivity contribution in [3.05, 3.63) is 83.8 Å². The minimum atomic E-state index is -1.27. The van der Waals surface area contributed by atoms with Gasteiger partial charge in [-0.1, -0.05) is 36.4 Å². The molecule has 43 heavy (non-hydrogen) atoms. The van der Waals surface area contributed by atoms with Gasteiger partial charge < -0.3 is 29.4 Å². The van der Waals surface area contributed by atoms with E-state index in [0.717, 1.165) is 48.0 Å². The second-order valence-electron chi connectivity index (χ2n) is 11.6. The number of nitrogens with zero attached hydrogens (tertiary/aromatic N) is 2. The number of halogens is 1. The summed E-state index contributed by atoms with van der Waals surface area (Å²) >= 11 is 0. The fourth-order valence-corrected chi connectivity index (χ4v) is 5.96. The van der Waals surface area contributed by atoms with E-state index in [1.54, 1.807) is 12.1 Å². The maximum absolute atomic E-state index is 14.8. The molecule has 0 bridgehead atoms. The summed E-state index contributed by atoms with van der Waals surface area (Å²) in [4.78, 5) is 28.6. The van der Waals surface area contributed by atoms with Crippen LogP contribution < -0.4 is 14.8 Å². The number of carbonyl (C=O) groups excluding carboxylic acids is 2. The molecule has 224 valence electrons. The SMILES string of the molecule is CC(C)n1ccc2ccc(-c3ccc(C(=O)C(=O)N[C@H](CN4CCCC4)[C@H](O)c4cc(F)c5c(c4)OCCO5)cc3)cc21. The minimum absolute atomic E-state index is 0.00903. The number of hydrogen-bond acceptors (Lipinski definition) is 6. The number of fused-ring (bicyclic) bond motifs is 2. The number of ketones is 1. The Bertz CT molecular complexity index is 1640. The van der Waals surface area contributed by atoms with Crippen LogP contribution in [-0.2, 0) is 4.79 Å². The summed E-state index contributed by atoms with van der Waals surface area (Å²) < 4.78 is 27.9. The number of carbonyl (C=O) groups is 2. The number of aliphatic hydroxyl groups excluding tert-OH is 1. The van der Waals surface area contributed by atoms with Crippen molar-refractivity contribution in [2.24, 2.45) is 0 Å². The number of hydrogen-bond donors (Lipinski definition) is 2. The van der Waals surface area contributed by atoms with Crippen LogP contribution in [0.5, 0.6) is 11.5 Å². The van der Waals surface area contributed by atoms with Crippen molar-refractivity contribution in [1.82, 2.24) is 14.8 Å². The second kappa shape index (κ2) is 12.2. The molecule has 4 aromatic rings. The lowest BCUT2D eigenvalue weighted by Gasteiger charge is -2.29. The molecule has 2 N–H and O–H groups in total. The highest BCUT2D eigenvalue weighted by Gasteiger charge is 2.31. The molecule has 0 spiro atoms. The van der Waals surface area contributed by atoms with E-state index in [-0.39, 0.29) is 35.8 Å². The molecule has 1 fully saturated rings. The van der Waals surface area contributed by atoms with Crippen LogP contribution in [0.15, 0.2) is 66.9 Å². The first kappa shape index (κ1) is 28.9. The van der Waals surface area contributed by atoms with Gasteiger partial charge in [-0.25, -0.2) is 4.39 Å². The predicted molar refractivity (Wildman–Crippen MR) is 162 cm³/mol.